The lowest BCUT2D eigenvalue weighted by atomic mass is 9.96. The maximum Gasteiger partial charge on any atom is 0.239 e. The van der Waals surface area contributed by atoms with Gasteiger partial charge in [-0.3, -0.25) is 14.5 Å². The predicted octanol–water partition coefficient (Wildman–Crippen LogP) is 1.22. The van der Waals surface area contributed by atoms with Crippen LogP contribution in [0.25, 0.3) is 0 Å². The summed E-state index contributed by atoms with van der Waals surface area (Å²) >= 11 is 0. The molecular formula is C18H28Cl2N4O2. The van der Waals surface area contributed by atoms with E-state index in [2.05, 4.69) is 39.8 Å². The molecular weight excluding hydrogens is 375 g/mol. The second-order valence-corrected chi connectivity index (χ2v) is 6.76. The van der Waals surface area contributed by atoms with Gasteiger partial charge in [-0.05, 0) is 31.2 Å². The fourth-order valence-electron chi connectivity index (χ4n) is 3.97. The number of amides is 2. The third-order valence-electron chi connectivity index (χ3n) is 5.09. The van der Waals surface area contributed by atoms with Gasteiger partial charge in [-0.2, -0.15) is 0 Å². The van der Waals surface area contributed by atoms with Crippen molar-refractivity contribution in [1.82, 2.24) is 15.5 Å². The molecule has 2 fully saturated rings. The van der Waals surface area contributed by atoms with Gasteiger partial charge in [0.15, 0.2) is 0 Å². The number of hydrogen-bond acceptors (Lipinski definition) is 4. The van der Waals surface area contributed by atoms with E-state index < -0.39 is 0 Å². The van der Waals surface area contributed by atoms with E-state index in [1.165, 1.54) is 18.4 Å². The molecule has 2 heterocycles. The lowest BCUT2D eigenvalue weighted by Crippen LogP contribution is -2.51. The molecule has 0 spiro atoms. The largest absolute Gasteiger partial charge is 0.352 e. The molecule has 2 saturated heterocycles. The number of nitrogens with two attached hydrogens (primary N) is 1. The Labute approximate surface area is 167 Å². The lowest BCUT2D eigenvalue weighted by Gasteiger charge is -2.39. The molecule has 0 aromatic heterocycles. The van der Waals surface area contributed by atoms with Crippen LogP contribution in [0.2, 0.25) is 0 Å². The molecule has 1 aromatic carbocycles. The van der Waals surface area contributed by atoms with Gasteiger partial charge in [0, 0.05) is 24.7 Å². The number of hydrogen-bond donors (Lipinski definition) is 3. The molecule has 2 amide bonds. The van der Waals surface area contributed by atoms with Crippen molar-refractivity contribution >= 4 is 36.6 Å². The maximum atomic E-state index is 12.0. The Morgan fingerprint density at radius 3 is 2.23 bits per heavy atom. The first kappa shape index (κ1) is 22.7. The molecule has 2 aliphatic heterocycles. The Bertz CT molecular complexity index is 574. The molecule has 8 heteroatoms. The summed E-state index contributed by atoms with van der Waals surface area (Å²) in [5.74, 6) is -0.430. The maximum absolute atomic E-state index is 12.0. The number of nitrogens with zero attached hydrogens (tertiary/aromatic N) is 1. The number of carbonyl (C=O) groups is 2. The summed E-state index contributed by atoms with van der Waals surface area (Å²) < 4.78 is 0. The van der Waals surface area contributed by atoms with E-state index >= 15 is 0 Å². The highest BCUT2D eigenvalue weighted by molar-refractivity contribution is 5.86. The molecule has 4 N–H and O–H groups in total. The smallest absolute Gasteiger partial charge is 0.239 e. The first-order valence-electron chi connectivity index (χ1n) is 8.71. The third-order valence-corrected chi connectivity index (χ3v) is 5.09. The van der Waals surface area contributed by atoms with Gasteiger partial charge < -0.3 is 16.4 Å². The summed E-state index contributed by atoms with van der Waals surface area (Å²) in [4.78, 5) is 25.7. The van der Waals surface area contributed by atoms with Gasteiger partial charge in [0.05, 0.1) is 13.1 Å². The number of carbonyl (C=O) groups excluding carboxylic acids is 2. The summed E-state index contributed by atoms with van der Waals surface area (Å²) in [6, 6.07) is 11.8. The second kappa shape index (κ2) is 10.7. The third kappa shape index (κ3) is 5.84. The van der Waals surface area contributed by atoms with Crippen LogP contribution in [-0.4, -0.2) is 47.9 Å². The van der Waals surface area contributed by atoms with Gasteiger partial charge in [-0.25, -0.2) is 0 Å². The molecule has 2 atom stereocenters. The van der Waals surface area contributed by atoms with Crippen LogP contribution in [-0.2, 0) is 16.1 Å². The lowest BCUT2D eigenvalue weighted by molar-refractivity contribution is -0.126. The van der Waals surface area contributed by atoms with Crippen LogP contribution >= 0.6 is 24.8 Å². The molecule has 0 radical (unpaired) electrons. The number of nitrogens with one attached hydrogen (secondary N) is 2. The van der Waals surface area contributed by atoms with E-state index in [1.807, 2.05) is 6.07 Å². The van der Waals surface area contributed by atoms with Gasteiger partial charge in [-0.1, -0.05) is 30.3 Å². The first-order chi connectivity index (χ1) is 11.7. The van der Waals surface area contributed by atoms with Crippen LogP contribution in [0.3, 0.4) is 0 Å². The standard InChI is InChI=1S/C18H26N4O2.2ClH/c19-10-17(23)20-11-18(24)21-14-8-15-6-7-16(9-14)22(15)12-13-4-2-1-3-5-13;;/h1-5,14-16H,6-12,19H2,(H,20,23)(H,21,24);2*1H. The van der Waals surface area contributed by atoms with Gasteiger partial charge in [0.1, 0.15) is 0 Å². The normalized spacial score (nSPS) is 24.1. The van der Waals surface area contributed by atoms with Crippen LogP contribution in [0.5, 0.6) is 0 Å². The quantitative estimate of drug-likeness (QED) is 0.667. The van der Waals surface area contributed by atoms with E-state index in [0.29, 0.717) is 12.1 Å². The van der Waals surface area contributed by atoms with E-state index in [4.69, 9.17) is 5.73 Å². The Balaban J connectivity index is 0.00000169. The van der Waals surface area contributed by atoms with Crippen molar-refractivity contribution in [3.63, 3.8) is 0 Å². The van der Waals surface area contributed by atoms with Crippen molar-refractivity contribution in [1.29, 1.82) is 0 Å². The zero-order chi connectivity index (χ0) is 16.9. The summed E-state index contributed by atoms with van der Waals surface area (Å²) in [5.41, 5.74) is 6.56. The van der Waals surface area contributed by atoms with Gasteiger partial charge in [0.25, 0.3) is 0 Å². The van der Waals surface area contributed by atoms with Crippen LogP contribution in [0.1, 0.15) is 31.2 Å². The molecule has 2 bridgehead atoms. The van der Waals surface area contributed by atoms with E-state index in [-0.39, 0.29) is 55.8 Å². The van der Waals surface area contributed by atoms with E-state index in [9.17, 15) is 9.59 Å². The van der Waals surface area contributed by atoms with Crippen LogP contribution < -0.4 is 16.4 Å². The highest BCUT2D eigenvalue weighted by Gasteiger charge is 2.40. The summed E-state index contributed by atoms with van der Waals surface area (Å²) in [6.07, 6.45) is 4.38. The summed E-state index contributed by atoms with van der Waals surface area (Å²) in [6.45, 7) is 0.911. The first-order valence-corrected chi connectivity index (χ1v) is 8.71. The van der Waals surface area contributed by atoms with Crippen LogP contribution in [0, 0.1) is 0 Å². The van der Waals surface area contributed by atoms with E-state index in [1.54, 1.807) is 0 Å². The zero-order valence-electron chi connectivity index (χ0n) is 14.7. The molecule has 3 rings (SSSR count). The average Bonchev–Trinajstić information content (AvgIpc) is 2.82. The van der Waals surface area contributed by atoms with Crippen LogP contribution in [0.15, 0.2) is 30.3 Å². The topological polar surface area (TPSA) is 87.5 Å². The number of halogens is 2. The summed E-state index contributed by atoms with van der Waals surface area (Å²) in [7, 11) is 0. The molecule has 2 aliphatic rings. The number of fused-ring (bicyclic) bond motifs is 2. The van der Waals surface area contributed by atoms with Crippen molar-refractivity contribution in [2.45, 2.75) is 50.4 Å². The van der Waals surface area contributed by atoms with Crippen molar-refractivity contribution < 1.29 is 9.59 Å². The molecule has 26 heavy (non-hydrogen) atoms. The van der Waals surface area contributed by atoms with Crippen molar-refractivity contribution in [3.05, 3.63) is 35.9 Å². The highest BCUT2D eigenvalue weighted by Crippen LogP contribution is 2.36. The Morgan fingerprint density at radius 1 is 1.04 bits per heavy atom. The fraction of sp³-hybridized carbons (Fsp3) is 0.556. The number of benzene rings is 1. The second-order valence-electron chi connectivity index (χ2n) is 6.76. The molecule has 6 nitrogen and oxygen atoms in total. The number of rotatable bonds is 6. The monoisotopic (exact) mass is 402 g/mol. The molecule has 146 valence electrons. The Morgan fingerprint density at radius 2 is 1.65 bits per heavy atom. The molecule has 0 saturated carbocycles. The van der Waals surface area contributed by atoms with Gasteiger partial charge >= 0.3 is 0 Å². The Hall–Kier alpha value is -1.34. The SMILES string of the molecule is Cl.Cl.NCC(=O)NCC(=O)NC1CC2CCC(C1)N2Cc1ccccc1. The molecule has 0 aliphatic carbocycles. The Kier molecular flexibility index (Phi) is 9.36. The van der Waals surface area contributed by atoms with Crippen molar-refractivity contribution in [2.75, 3.05) is 13.1 Å². The summed E-state index contributed by atoms with van der Waals surface area (Å²) in [5, 5.41) is 5.58. The zero-order valence-corrected chi connectivity index (χ0v) is 16.4. The van der Waals surface area contributed by atoms with E-state index in [0.717, 1.165) is 19.4 Å². The minimum atomic E-state index is -0.303. The van der Waals surface area contributed by atoms with Crippen LogP contribution in [0.4, 0.5) is 0 Å². The minimum absolute atomic E-state index is 0. The molecule has 2 unspecified atom stereocenters. The fourth-order valence-corrected chi connectivity index (χ4v) is 3.97. The minimum Gasteiger partial charge on any atom is -0.352 e. The number of piperidine rings is 1. The van der Waals surface area contributed by atoms with Gasteiger partial charge in [-0.15, -0.1) is 24.8 Å². The van der Waals surface area contributed by atoms with Crippen molar-refractivity contribution in [3.8, 4) is 0 Å². The average molecular weight is 403 g/mol. The molecule has 1 aromatic rings. The van der Waals surface area contributed by atoms with Crippen molar-refractivity contribution in [2.24, 2.45) is 5.73 Å². The van der Waals surface area contributed by atoms with Gasteiger partial charge in [0.2, 0.25) is 11.8 Å². The predicted molar refractivity (Wildman–Crippen MR) is 107 cm³/mol. The highest BCUT2D eigenvalue weighted by atomic mass is 35.5.